The first-order valence-electron chi connectivity index (χ1n) is 8.09. The van der Waals surface area contributed by atoms with E-state index in [4.69, 9.17) is 5.11 Å². The van der Waals surface area contributed by atoms with Crippen molar-refractivity contribution in [3.8, 4) is 5.75 Å². The lowest BCUT2D eigenvalue weighted by Gasteiger charge is -2.35. The van der Waals surface area contributed by atoms with Crippen LogP contribution in [-0.2, 0) is 16.0 Å². The maximum atomic E-state index is 12.3. The van der Waals surface area contributed by atoms with Gasteiger partial charge in [0, 0.05) is 25.7 Å². The molecule has 1 heterocycles. The highest BCUT2D eigenvalue weighted by Gasteiger charge is 2.30. The van der Waals surface area contributed by atoms with Crippen molar-refractivity contribution in [2.45, 2.75) is 38.1 Å². The maximum Gasteiger partial charge on any atom is 0.312 e. The molecule has 1 unspecified atom stereocenters. The van der Waals surface area contributed by atoms with Crippen LogP contribution < -0.4 is 5.32 Å². The highest BCUT2D eigenvalue weighted by molar-refractivity contribution is 6.35. The molecule has 6 nitrogen and oxygen atoms in total. The Bertz CT molecular complexity index is 528. The highest BCUT2D eigenvalue weighted by Crippen LogP contribution is 2.19. The van der Waals surface area contributed by atoms with Crippen LogP contribution in [0.15, 0.2) is 24.3 Å². The van der Waals surface area contributed by atoms with Gasteiger partial charge in [0.15, 0.2) is 0 Å². The van der Waals surface area contributed by atoms with Gasteiger partial charge in [-0.15, -0.1) is 0 Å². The van der Waals surface area contributed by atoms with Gasteiger partial charge in [-0.2, -0.15) is 0 Å². The van der Waals surface area contributed by atoms with Crippen molar-refractivity contribution < 1.29 is 19.8 Å². The molecule has 23 heavy (non-hydrogen) atoms. The van der Waals surface area contributed by atoms with Crippen molar-refractivity contribution in [1.82, 2.24) is 10.2 Å². The number of nitrogens with zero attached hydrogens (tertiary/aromatic N) is 1. The number of carbonyl (C=O) groups excluding carboxylic acids is 2. The Labute approximate surface area is 136 Å². The fourth-order valence-electron chi connectivity index (χ4n) is 2.91. The van der Waals surface area contributed by atoms with E-state index < -0.39 is 11.8 Å². The van der Waals surface area contributed by atoms with E-state index in [1.807, 2.05) is 0 Å². The lowest BCUT2D eigenvalue weighted by molar-refractivity contribution is -0.148. The quantitative estimate of drug-likeness (QED) is 0.701. The van der Waals surface area contributed by atoms with Crippen molar-refractivity contribution in [2.24, 2.45) is 0 Å². The first-order chi connectivity index (χ1) is 11.1. The van der Waals surface area contributed by atoms with Crippen LogP contribution in [0.2, 0.25) is 0 Å². The number of aromatic hydroxyl groups is 1. The minimum Gasteiger partial charge on any atom is -0.508 e. The third-order valence-corrected chi connectivity index (χ3v) is 4.18. The molecular formula is C17H24N2O4. The summed E-state index contributed by atoms with van der Waals surface area (Å²) in [4.78, 5) is 25.9. The van der Waals surface area contributed by atoms with Crippen LogP contribution in [0.3, 0.4) is 0 Å². The number of hydrogen-bond acceptors (Lipinski definition) is 4. The van der Waals surface area contributed by atoms with Crippen molar-refractivity contribution >= 4 is 11.8 Å². The van der Waals surface area contributed by atoms with E-state index in [9.17, 15) is 14.7 Å². The predicted octanol–water partition coefficient (Wildman–Crippen LogP) is 0.814. The molecule has 1 aliphatic heterocycles. The maximum absolute atomic E-state index is 12.3. The summed E-state index contributed by atoms with van der Waals surface area (Å²) in [5.41, 5.74) is 0.978. The first-order valence-corrected chi connectivity index (χ1v) is 8.09. The lowest BCUT2D eigenvalue weighted by Crippen LogP contribution is -2.50. The lowest BCUT2D eigenvalue weighted by atomic mass is 9.99. The number of carbonyl (C=O) groups is 2. The molecule has 1 atom stereocenters. The van der Waals surface area contributed by atoms with E-state index in [0.717, 1.165) is 24.8 Å². The fourth-order valence-corrected chi connectivity index (χ4v) is 2.91. The fraction of sp³-hybridized carbons (Fsp3) is 0.529. The van der Waals surface area contributed by atoms with E-state index in [1.54, 1.807) is 29.2 Å². The molecule has 0 aliphatic carbocycles. The number of aliphatic hydroxyl groups excluding tert-OH is 1. The summed E-state index contributed by atoms with van der Waals surface area (Å²) in [6.45, 7) is 0.972. The van der Waals surface area contributed by atoms with Gasteiger partial charge in [0.1, 0.15) is 5.75 Å². The number of benzene rings is 1. The molecule has 1 saturated heterocycles. The van der Waals surface area contributed by atoms with Crippen LogP contribution in [-0.4, -0.2) is 52.7 Å². The molecule has 126 valence electrons. The molecular weight excluding hydrogens is 296 g/mol. The number of amides is 2. The van der Waals surface area contributed by atoms with Gasteiger partial charge in [-0.25, -0.2) is 0 Å². The van der Waals surface area contributed by atoms with Gasteiger partial charge in [0.2, 0.25) is 0 Å². The molecule has 2 amide bonds. The Morgan fingerprint density at radius 3 is 2.65 bits per heavy atom. The Hall–Kier alpha value is -2.08. The van der Waals surface area contributed by atoms with E-state index in [1.165, 1.54) is 0 Å². The Balaban J connectivity index is 1.81. The molecule has 0 radical (unpaired) electrons. The molecule has 0 bridgehead atoms. The second-order valence-electron chi connectivity index (χ2n) is 5.83. The van der Waals surface area contributed by atoms with Crippen LogP contribution in [0.1, 0.15) is 31.2 Å². The van der Waals surface area contributed by atoms with Gasteiger partial charge in [0.05, 0.1) is 0 Å². The van der Waals surface area contributed by atoms with Crippen molar-refractivity contribution in [2.75, 3.05) is 19.7 Å². The number of phenolic OH excluding ortho intramolecular Hbond substituents is 1. The summed E-state index contributed by atoms with van der Waals surface area (Å²) in [6, 6.07) is 6.71. The van der Waals surface area contributed by atoms with E-state index in [0.29, 0.717) is 25.9 Å². The number of likely N-dealkylation sites (tertiary alicyclic amines) is 1. The van der Waals surface area contributed by atoms with Crippen molar-refractivity contribution in [1.29, 1.82) is 0 Å². The van der Waals surface area contributed by atoms with E-state index in [2.05, 4.69) is 5.32 Å². The second-order valence-corrected chi connectivity index (χ2v) is 5.83. The van der Waals surface area contributed by atoms with Crippen LogP contribution in [0.4, 0.5) is 0 Å². The SMILES string of the molecule is O=C(NCCc1ccc(O)cc1)C(=O)N1CCCCC1CCO. The third-order valence-electron chi connectivity index (χ3n) is 4.18. The molecule has 0 spiro atoms. The molecule has 3 N–H and O–H groups in total. The number of aliphatic hydroxyl groups is 1. The number of hydrogen-bond donors (Lipinski definition) is 3. The molecule has 0 saturated carbocycles. The summed E-state index contributed by atoms with van der Waals surface area (Å²) in [7, 11) is 0. The monoisotopic (exact) mass is 320 g/mol. The Morgan fingerprint density at radius 2 is 1.96 bits per heavy atom. The number of phenols is 1. The normalized spacial score (nSPS) is 17.8. The molecule has 1 aliphatic rings. The van der Waals surface area contributed by atoms with Crippen LogP contribution in [0, 0.1) is 0 Å². The van der Waals surface area contributed by atoms with Crippen molar-refractivity contribution in [3.05, 3.63) is 29.8 Å². The average molecular weight is 320 g/mol. The molecule has 6 heteroatoms. The Morgan fingerprint density at radius 1 is 1.22 bits per heavy atom. The van der Waals surface area contributed by atoms with E-state index in [-0.39, 0.29) is 18.4 Å². The van der Waals surface area contributed by atoms with Crippen molar-refractivity contribution in [3.63, 3.8) is 0 Å². The molecule has 1 fully saturated rings. The topological polar surface area (TPSA) is 89.9 Å². The minimum absolute atomic E-state index is 0.0247. The van der Waals surface area contributed by atoms with Crippen LogP contribution in [0.25, 0.3) is 0 Å². The number of piperidine rings is 1. The highest BCUT2D eigenvalue weighted by atomic mass is 16.3. The summed E-state index contributed by atoms with van der Waals surface area (Å²) in [6.07, 6.45) is 3.88. The van der Waals surface area contributed by atoms with Gasteiger partial charge >= 0.3 is 11.8 Å². The predicted molar refractivity (Wildman–Crippen MR) is 85.9 cm³/mol. The molecule has 1 aromatic carbocycles. The van der Waals surface area contributed by atoms with Gasteiger partial charge in [0.25, 0.3) is 0 Å². The number of rotatable bonds is 5. The summed E-state index contributed by atoms with van der Waals surface area (Å²) < 4.78 is 0. The number of nitrogens with one attached hydrogen (secondary N) is 1. The van der Waals surface area contributed by atoms with Crippen LogP contribution >= 0.6 is 0 Å². The largest absolute Gasteiger partial charge is 0.508 e. The molecule has 1 aromatic rings. The first kappa shape index (κ1) is 17.3. The van der Waals surface area contributed by atoms with Gasteiger partial charge in [-0.05, 0) is 49.8 Å². The average Bonchev–Trinajstić information content (AvgIpc) is 2.57. The zero-order valence-corrected chi connectivity index (χ0v) is 13.2. The summed E-state index contributed by atoms with van der Waals surface area (Å²) >= 11 is 0. The second kappa shape index (κ2) is 8.53. The van der Waals surface area contributed by atoms with Gasteiger partial charge in [-0.3, -0.25) is 9.59 Å². The molecule has 2 rings (SSSR count). The molecule has 0 aromatic heterocycles. The third kappa shape index (κ3) is 4.96. The summed E-state index contributed by atoms with van der Waals surface area (Å²) in [5, 5.41) is 21.0. The van der Waals surface area contributed by atoms with E-state index >= 15 is 0 Å². The minimum atomic E-state index is -0.589. The van der Waals surface area contributed by atoms with Gasteiger partial charge < -0.3 is 20.4 Å². The zero-order chi connectivity index (χ0) is 16.7. The standard InChI is InChI=1S/C17H24N2O4/c20-12-9-14-3-1-2-11-19(14)17(23)16(22)18-10-8-13-4-6-15(21)7-5-13/h4-7,14,20-21H,1-3,8-12H2,(H,18,22). The summed E-state index contributed by atoms with van der Waals surface area (Å²) in [5.74, 6) is -0.893. The van der Waals surface area contributed by atoms with Gasteiger partial charge in [-0.1, -0.05) is 12.1 Å². The smallest absolute Gasteiger partial charge is 0.312 e. The zero-order valence-electron chi connectivity index (χ0n) is 13.2. The Kier molecular flexibility index (Phi) is 6.40. The van der Waals surface area contributed by atoms with Crippen LogP contribution in [0.5, 0.6) is 5.75 Å².